The first-order valence-corrected chi connectivity index (χ1v) is 12.0. The van der Waals surface area contributed by atoms with Gasteiger partial charge in [-0.3, -0.25) is 0 Å². The van der Waals surface area contributed by atoms with Gasteiger partial charge in [-0.05, 0) is 37.0 Å². The van der Waals surface area contributed by atoms with Crippen LogP contribution in [0.2, 0.25) is 0 Å². The highest BCUT2D eigenvalue weighted by Crippen LogP contribution is 2.36. The second kappa shape index (κ2) is 9.17. The smallest absolute Gasteiger partial charge is 0.226 e. The number of rotatable bonds is 7. The van der Waals surface area contributed by atoms with Gasteiger partial charge in [0.1, 0.15) is 11.3 Å². The molecule has 0 radical (unpaired) electrons. The highest BCUT2D eigenvalue weighted by Gasteiger charge is 2.33. The number of thiazole rings is 1. The first-order chi connectivity index (χ1) is 15.7. The summed E-state index contributed by atoms with van der Waals surface area (Å²) in [6.45, 7) is 3.93. The minimum Gasteiger partial charge on any atom is -0.497 e. The van der Waals surface area contributed by atoms with E-state index in [0.717, 1.165) is 54.3 Å². The van der Waals surface area contributed by atoms with Gasteiger partial charge < -0.3 is 24.8 Å². The maximum Gasteiger partial charge on any atom is 0.226 e. The van der Waals surface area contributed by atoms with E-state index in [-0.39, 0.29) is 12.0 Å². The molecular weight excluding hydrogens is 426 g/mol. The van der Waals surface area contributed by atoms with Gasteiger partial charge in [0.25, 0.3) is 0 Å². The molecule has 2 aliphatic rings. The van der Waals surface area contributed by atoms with Crippen LogP contribution in [0, 0.1) is 5.41 Å². The molecule has 0 amide bonds. The van der Waals surface area contributed by atoms with Crippen molar-refractivity contribution in [2.24, 2.45) is 5.41 Å². The van der Waals surface area contributed by atoms with Gasteiger partial charge >= 0.3 is 0 Å². The fourth-order valence-electron chi connectivity index (χ4n) is 4.63. The van der Waals surface area contributed by atoms with Crippen LogP contribution < -0.4 is 15.0 Å². The normalized spacial score (nSPS) is 20.6. The first kappa shape index (κ1) is 21.4. The number of aliphatic hydroxyl groups excluding tert-OH is 1. The zero-order valence-corrected chi connectivity index (χ0v) is 19.1. The second-order valence-electron chi connectivity index (χ2n) is 8.71. The van der Waals surface area contributed by atoms with Gasteiger partial charge in [0.2, 0.25) is 5.95 Å². The molecule has 2 fully saturated rings. The molecule has 4 heterocycles. The van der Waals surface area contributed by atoms with Crippen molar-refractivity contribution in [2.75, 3.05) is 56.8 Å². The Bertz CT molecular complexity index is 1070. The van der Waals surface area contributed by atoms with Gasteiger partial charge in [0.05, 0.1) is 19.2 Å². The van der Waals surface area contributed by atoms with E-state index >= 15 is 0 Å². The molecule has 0 spiro atoms. The fourth-order valence-corrected chi connectivity index (χ4v) is 5.28. The zero-order valence-electron chi connectivity index (χ0n) is 18.3. The van der Waals surface area contributed by atoms with Crippen LogP contribution in [-0.4, -0.2) is 66.6 Å². The maximum absolute atomic E-state index is 10.00. The van der Waals surface area contributed by atoms with Crippen LogP contribution in [-0.2, 0) is 4.74 Å². The minimum atomic E-state index is -0.185. The van der Waals surface area contributed by atoms with Crippen molar-refractivity contribution in [3.63, 3.8) is 0 Å². The maximum atomic E-state index is 10.00. The summed E-state index contributed by atoms with van der Waals surface area (Å²) in [4.78, 5) is 17.3. The molecule has 0 bridgehead atoms. The van der Waals surface area contributed by atoms with E-state index in [1.54, 1.807) is 7.11 Å². The number of anilines is 2. The van der Waals surface area contributed by atoms with Crippen LogP contribution in [0.5, 0.6) is 5.75 Å². The van der Waals surface area contributed by atoms with Crippen LogP contribution in [0.3, 0.4) is 0 Å². The van der Waals surface area contributed by atoms with Crippen molar-refractivity contribution >= 4 is 33.5 Å². The molecule has 1 atom stereocenters. The van der Waals surface area contributed by atoms with Gasteiger partial charge in [0.15, 0.2) is 10.6 Å². The van der Waals surface area contributed by atoms with Crippen molar-refractivity contribution in [2.45, 2.75) is 25.2 Å². The fraction of sp³-hybridized carbons (Fsp3) is 0.522. The summed E-state index contributed by atoms with van der Waals surface area (Å²) in [5.74, 6) is 2.79. The van der Waals surface area contributed by atoms with E-state index in [0.29, 0.717) is 31.6 Å². The van der Waals surface area contributed by atoms with Crippen LogP contribution in [0.1, 0.15) is 30.7 Å². The molecule has 2 aromatic heterocycles. The van der Waals surface area contributed by atoms with Crippen molar-refractivity contribution in [1.29, 1.82) is 0 Å². The van der Waals surface area contributed by atoms with Crippen LogP contribution in [0.4, 0.5) is 11.8 Å². The van der Waals surface area contributed by atoms with E-state index in [2.05, 4.69) is 33.4 Å². The predicted octanol–water partition coefficient (Wildman–Crippen LogP) is 3.29. The summed E-state index contributed by atoms with van der Waals surface area (Å²) in [5.41, 5.74) is 3.79. The monoisotopic (exact) mass is 455 g/mol. The summed E-state index contributed by atoms with van der Waals surface area (Å²) in [7, 11) is 1.70. The third-order valence-electron chi connectivity index (χ3n) is 6.74. The average molecular weight is 456 g/mol. The molecule has 2 saturated heterocycles. The summed E-state index contributed by atoms with van der Waals surface area (Å²) in [6.07, 6.45) is 2.72. The Morgan fingerprint density at radius 2 is 2.19 bits per heavy atom. The van der Waals surface area contributed by atoms with Gasteiger partial charge in [-0.25, -0.2) is 9.97 Å². The molecule has 9 heteroatoms. The Morgan fingerprint density at radius 1 is 1.31 bits per heavy atom. The summed E-state index contributed by atoms with van der Waals surface area (Å²) in [6, 6.07) is 8.33. The highest BCUT2D eigenvalue weighted by molar-refractivity contribution is 7.16. The average Bonchev–Trinajstić information content (AvgIpc) is 3.53. The molecule has 8 nitrogen and oxygen atoms in total. The number of hydrogen-bond donors (Lipinski definition) is 2. The Balaban J connectivity index is 1.36. The number of fused-ring (bicyclic) bond motifs is 1. The molecule has 1 aromatic carbocycles. The van der Waals surface area contributed by atoms with Crippen molar-refractivity contribution in [1.82, 2.24) is 15.0 Å². The molecule has 1 unspecified atom stereocenters. The summed E-state index contributed by atoms with van der Waals surface area (Å²) in [5, 5.41) is 13.4. The number of benzene rings is 1. The molecule has 32 heavy (non-hydrogen) atoms. The zero-order chi connectivity index (χ0) is 22.0. The van der Waals surface area contributed by atoms with Crippen molar-refractivity contribution < 1.29 is 14.6 Å². The van der Waals surface area contributed by atoms with E-state index in [9.17, 15) is 5.11 Å². The Kier molecular flexibility index (Phi) is 6.12. The predicted molar refractivity (Wildman–Crippen MR) is 126 cm³/mol. The van der Waals surface area contributed by atoms with Crippen LogP contribution >= 0.6 is 11.3 Å². The lowest BCUT2D eigenvalue weighted by Gasteiger charge is -2.35. The number of aliphatic hydroxyl groups is 1. The number of ether oxygens (including phenoxy) is 2. The topological polar surface area (TPSA) is 92.6 Å². The lowest BCUT2D eigenvalue weighted by molar-refractivity contribution is -0.00865. The lowest BCUT2D eigenvalue weighted by Crippen LogP contribution is -2.39. The van der Waals surface area contributed by atoms with Crippen LogP contribution in [0.25, 0.3) is 10.3 Å². The Hall–Kier alpha value is -2.49. The molecule has 2 aliphatic heterocycles. The quantitative estimate of drug-likeness (QED) is 0.561. The van der Waals surface area contributed by atoms with Crippen molar-refractivity contribution in [3.8, 4) is 5.75 Å². The molecular formula is C23H29N5O3S. The van der Waals surface area contributed by atoms with Crippen LogP contribution in [0.15, 0.2) is 29.8 Å². The third-order valence-corrected chi connectivity index (χ3v) is 7.46. The molecule has 0 saturated carbocycles. The molecule has 170 valence electrons. The Labute approximate surface area is 191 Å². The molecule has 0 aliphatic carbocycles. The first-order valence-electron chi connectivity index (χ1n) is 11.1. The van der Waals surface area contributed by atoms with E-state index < -0.39 is 0 Å². The molecule has 3 aromatic rings. The number of methoxy groups -OCH3 is 1. The van der Waals surface area contributed by atoms with E-state index in [4.69, 9.17) is 19.4 Å². The largest absolute Gasteiger partial charge is 0.497 e. The minimum absolute atomic E-state index is 0.132. The number of aromatic nitrogens is 3. The van der Waals surface area contributed by atoms with E-state index in [1.807, 2.05) is 11.6 Å². The number of hydrogen-bond acceptors (Lipinski definition) is 9. The summed E-state index contributed by atoms with van der Waals surface area (Å²) < 4.78 is 10.9. The molecule has 5 rings (SSSR count). The summed E-state index contributed by atoms with van der Waals surface area (Å²) >= 11 is 1.53. The van der Waals surface area contributed by atoms with Gasteiger partial charge in [-0.15, -0.1) is 11.3 Å². The SMILES string of the molecule is COc1cccc(C2CCN(c3nc(NCC4(CO)CCOCC4)nc4scnc34)C2)c1. The van der Waals surface area contributed by atoms with Gasteiger partial charge in [-0.1, -0.05) is 12.1 Å². The highest BCUT2D eigenvalue weighted by atomic mass is 32.1. The van der Waals surface area contributed by atoms with E-state index in [1.165, 1.54) is 16.9 Å². The van der Waals surface area contributed by atoms with Gasteiger partial charge in [0, 0.05) is 44.2 Å². The van der Waals surface area contributed by atoms with Crippen molar-refractivity contribution in [3.05, 3.63) is 35.3 Å². The lowest BCUT2D eigenvalue weighted by atomic mass is 9.81. The third kappa shape index (κ3) is 4.24. The van der Waals surface area contributed by atoms with Gasteiger partial charge in [-0.2, -0.15) is 4.98 Å². The number of nitrogens with zero attached hydrogens (tertiary/aromatic N) is 4. The standard InChI is InChI=1S/C23H29N5O3S/c1-30-18-4-2-3-16(11-18)17-5-8-28(12-17)20-19-21(32-15-25-19)27-22(26-20)24-13-23(14-29)6-9-31-10-7-23/h2-4,11,15,17,29H,5-10,12-14H2,1H3,(H,24,26,27). The second-order valence-corrected chi connectivity index (χ2v) is 9.54. The molecule has 2 N–H and O–H groups in total. The Morgan fingerprint density at radius 3 is 3.00 bits per heavy atom. The number of nitrogens with one attached hydrogen (secondary N) is 1.